The predicted octanol–water partition coefficient (Wildman–Crippen LogP) is 3.21. The van der Waals surface area contributed by atoms with Gasteiger partial charge in [0.2, 0.25) is 5.91 Å². The fraction of sp³-hybridized carbons (Fsp3) is 0.500. The van der Waals surface area contributed by atoms with Gasteiger partial charge in [-0.15, -0.1) is 0 Å². The number of amides is 1. The highest BCUT2D eigenvalue weighted by Gasteiger charge is 2.27. The van der Waals surface area contributed by atoms with Gasteiger partial charge in [-0.25, -0.2) is 4.98 Å². The summed E-state index contributed by atoms with van der Waals surface area (Å²) < 4.78 is 7.55. The zero-order valence-corrected chi connectivity index (χ0v) is 15.1. The van der Waals surface area contributed by atoms with Crippen LogP contribution < -0.4 is 4.74 Å². The Kier molecular flexibility index (Phi) is 5.74. The van der Waals surface area contributed by atoms with Gasteiger partial charge in [-0.3, -0.25) is 4.79 Å². The highest BCUT2D eigenvalue weighted by Crippen LogP contribution is 2.24. The summed E-state index contributed by atoms with van der Waals surface area (Å²) in [7, 11) is 1.65. The summed E-state index contributed by atoms with van der Waals surface area (Å²) in [6.07, 6.45) is 8.62. The van der Waals surface area contributed by atoms with Crippen molar-refractivity contribution in [3.63, 3.8) is 0 Å². The average Bonchev–Trinajstić information content (AvgIpc) is 3.05. The zero-order chi connectivity index (χ0) is 17.6. The van der Waals surface area contributed by atoms with Gasteiger partial charge in [-0.2, -0.15) is 0 Å². The molecule has 0 spiro atoms. The number of hydrogen-bond acceptors (Lipinski definition) is 3. The topological polar surface area (TPSA) is 47.4 Å². The van der Waals surface area contributed by atoms with Crippen LogP contribution in [0.1, 0.15) is 37.1 Å². The van der Waals surface area contributed by atoms with E-state index in [1.807, 2.05) is 43.6 Å². The van der Waals surface area contributed by atoms with Crippen LogP contribution >= 0.6 is 0 Å². The maximum Gasteiger partial charge on any atom is 0.227 e. The molecule has 1 aromatic carbocycles. The number of benzene rings is 1. The van der Waals surface area contributed by atoms with Crippen LogP contribution in [0.5, 0.6) is 5.75 Å². The summed E-state index contributed by atoms with van der Waals surface area (Å²) >= 11 is 0. The number of likely N-dealkylation sites (tertiary alicyclic amines) is 1. The van der Waals surface area contributed by atoms with Crippen molar-refractivity contribution in [2.45, 2.75) is 51.6 Å². The third-order valence-corrected chi connectivity index (χ3v) is 5.11. The van der Waals surface area contributed by atoms with Gasteiger partial charge in [0.15, 0.2) is 0 Å². The van der Waals surface area contributed by atoms with E-state index in [2.05, 4.69) is 14.5 Å². The lowest BCUT2D eigenvalue weighted by molar-refractivity contribution is -0.134. The Labute approximate surface area is 149 Å². The zero-order valence-electron chi connectivity index (χ0n) is 15.1. The van der Waals surface area contributed by atoms with E-state index in [0.717, 1.165) is 49.5 Å². The third-order valence-electron chi connectivity index (χ3n) is 5.11. The Hall–Kier alpha value is -2.30. The molecular formula is C20H27N3O2. The smallest absolute Gasteiger partial charge is 0.227 e. The van der Waals surface area contributed by atoms with Crippen molar-refractivity contribution in [3.8, 4) is 5.75 Å². The number of piperidine rings is 1. The normalized spacial score (nSPS) is 17.5. The van der Waals surface area contributed by atoms with Gasteiger partial charge in [-0.05, 0) is 38.7 Å². The van der Waals surface area contributed by atoms with E-state index in [-0.39, 0.29) is 5.91 Å². The molecule has 1 aliphatic rings. The summed E-state index contributed by atoms with van der Waals surface area (Å²) in [6, 6.07) is 8.10. The molecule has 1 saturated heterocycles. The van der Waals surface area contributed by atoms with Crippen molar-refractivity contribution >= 4 is 5.91 Å². The lowest BCUT2D eigenvalue weighted by Gasteiger charge is -2.36. The van der Waals surface area contributed by atoms with Crippen molar-refractivity contribution in [2.75, 3.05) is 13.7 Å². The van der Waals surface area contributed by atoms with Crippen LogP contribution in [0.3, 0.4) is 0 Å². The molecule has 0 aliphatic carbocycles. The number of ether oxygens (including phenoxy) is 1. The first-order valence-corrected chi connectivity index (χ1v) is 9.08. The van der Waals surface area contributed by atoms with E-state index in [4.69, 9.17) is 4.74 Å². The standard InChI is InChI=1S/C20H27N3O2/c1-16-21-11-14-22(16)13-10-18-8-5-6-12-23(18)20(24)15-17-7-3-4-9-19(17)25-2/h3-4,7,9,11,14,18H,5-6,8,10,12-13,15H2,1-2H3/t18-/m0/s1. The summed E-state index contributed by atoms with van der Waals surface area (Å²) in [5.41, 5.74) is 0.963. The molecule has 5 nitrogen and oxygen atoms in total. The molecule has 0 radical (unpaired) electrons. The number of methoxy groups -OCH3 is 1. The van der Waals surface area contributed by atoms with Crippen LogP contribution in [0.4, 0.5) is 0 Å². The predicted molar refractivity (Wildman–Crippen MR) is 97.6 cm³/mol. The molecule has 0 bridgehead atoms. The van der Waals surface area contributed by atoms with E-state index in [1.54, 1.807) is 7.11 Å². The lowest BCUT2D eigenvalue weighted by Crippen LogP contribution is -2.45. The molecule has 0 N–H and O–H groups in total. The molecule has 2 aromatic rings. The van der Waals surface area contributed by atoms with Gasteiger partial charge in [0.25, 0.3) is 0 Å². The maximum atomic E-state index is 12.9. The molecule has 2 heterocycles. The molecule has 5 heteroatoms. The first kappa shape index (κ1) is 17.5. The number of hydrogen-bond donors (Lipinski definition) is 0. The van der Waals surface area contributed by atoms with Crippen molar-refractivity contribution in [1.82, 2.24) is 14.5 Å². The second-order valence-corrected chi connectivity index (χ2v) is 6.68. The molecular weight excluding hydrogens is 314 g/mol. The molecule has 1 aromatic heterocycles. The molecule has 1 amide bonds. The number of carbonyl (C=O) groups excluding carboxylic acids is 1. The highest BCUT2D eigenvalue weighted by atomic mass is 16.5. The summed E-state index contributed by atoms with van der Waals surface area (Å²) in [5.74, 6) is 2.03. The van der Waals surface area contributed by atoms with Crippen LogP contribution in [-0.4, -0.2) is 40.1 Å². The first-order valence-electron chi connectivity index (χ1n) is 9.08. The molecule has 25 heavy (non-hydrogen) atoms. The first-order chi connectivity index (χ1) is 12.2. The van der Waals surface area contributed by atoms with Crippen LogP contribution in [-0.2, 0) is 17.8 Å². The van der Waals surface area contributed by atoms with E-state index in [1.165, 1.54) is 6.42 Å². The fourth-order valence-electron chi connectivity index (χ4n) is 3.67. The lowest BCUT2D eigenvalue weighted by atomic mass is 9.98. The quantitative estimate of drug-likeness (QED) is 0.810. The Morgan fingerprint density at radius 3 is 2.92 bits per heavy atom. The maximum absolute atomic E-state index is 12.9. The average molecular weight is 341 g/mol. The van der Waals surface area contributed by atoms with Crippen LogP contribution in [0.25, 0.3) is 0 Å². The van der Waals surface area contributed by atoms with Gasteiger partial charge in [0.05, 0.1) is 13.5 Å². The van der Waals surface area contributed by atoms with E-state index in [9.17, 15) is 4.79 Å². The number of aryl methyl sites for hydroxylation is 2. The summed E-state index contributed by atoms with van der Waals surface area (Å²) in [4.78, 5) is 19.3. The highest BCUT2D eigenvalue weighted by molar-refractivity contribution is 5.80. The van der Waals surface area contributed by atoms with E-state index in [0.29, 0.717) is 12.5 Å². The van der Waals surface area contributed by atoms with Crippen molar-refractivity contribution in [3.05, 3.63) is 48.0 Å². The SMILES string of the molecule is COc1ccccc1CC(=O)N1CCCC[C@H]1CCn1ccnc1C. The Morgan fingerprint density at radius 2 is 2.16 bits per heavy atom. The minimum atomic E-state index is 0.205. The van der Waals surface area contributed by atoms with Crippen molar-refractivity contribution in [1.29, 1.82) is 0 Å². The molecule has 134 valence electrons. The summed E-state index contributed by atoms with van der Waals surface area (Å²) in [6.45, 7) is 3.79. The van der Waals surface area contributed by atoms with Gasteiger partial charge in [-0.1, -0.05) is 18.2 Å². The molecule has 0 saturated carbocycles. The number of carbonyl (C=O) groups is 1. The Morgan fingerprint density at radius 1 is 1.32 bits per heavy atom. The number of nitrogens with zero attached hydrogens (tertiary/aromatic N) is 3. The Bertz CT molecular complexity index is 710. The monoisotopic (exact) mass is 341 g/mol. The molecule has 1 aliphatic heterocycles. The van der Waals surface area contributed by atoms with Crippen LogP contribution in [0, 0.1) is 6.92 Å². The second-order valence-electron chi connectivity index (χ2n) is 6.68. The van der Waals surface area contributed by atoms with Gasteiger partial charge in [0.1, 0.15) is 11.6 Å². The number of para-hydroxylation sites is 1. The summed E-state index contributed by atoms with van der Waals surface area (Å²) in [5, 5.41) is 0. The van der Waals surface area contributed by atoms with Crippen LogP contribution in [0.15, 0.2) is 36.7 Å². The molecule has 3 rings (SSSR count). The van der Waals surface area contributed by atoms with Crippen molar-refractivity contribution < 1.29 is 9.53 Å². The molecule has 0 unspecified atom stereocenters. The minimum absolute atomic E-state index is 0.205. The van der Waals surface area contributed by atoms with E-state index < -0.39 is 0 Å². The fourth-order valence-corrected chi connectivity index (χ4v) is 3.67. The van der Waals surface area contributed by atoms with Gasteiger partial charge < -0.3 is 14.2 Å². The molecule has 1 atom stereocenters. The van der Waals surface area contributed by atoms with Crippen LogP contribution in [0.2, 0.25) is 0 Å². The third kappa shape index (κ3) is 4.21. The van der Waals surface area contributed by atoms with Gasteiger partial charge in [0, 0.05) is 37.1 Å². The van der Waals surface area contributed by atoms with Gasteiger partial charge >= 0.3 is 0 Å². The Balaban J connectivity index is 1.65. The number of imidazole rings is 1. The molecule has 1 fully saturated rings. The van der Waals surface area contributed by atoms with Crippen molar-refractivity contribution in [2.24, 2.45) is 0 Å². The minimum Gasteiger partial charge on any atom is -0.496 e. The number of rotatable bonds is 6. The van der Waals surface area contributed by atoms with E-state index >= 15 is 0 Å². The second kappa shape index (κ2) is 8.19. The number of aromatic nitrogens is 2. The largest absolute Gasteiger partial charge is 0.496 e.